The molecule has 3 aromatic rings. The molecule has 0 fully saturated rings. The highest BCUT2D eigenvalue weighted by Gasteiger charge is 2.26. The number of amides is 1. The monoisotopic (exact) mass is 463 g/mol. The molecule has 10 heteroatoms. The summed E-state index contributed by atoms with van der Waals surface area (Å²) in [4.78, 5) is 15.5. The van der Waals surface area contributed by atoms with Gasteiger partial charge in [-0.2, -0.15) is 5.26 Å². The van der Waals surface area contributed by atoms with Gasteiger partial charge in [-0.15, -0.1) is 0 Å². The Kier molecular flexibility index (Phi) is 5.91. The Morgan fingerprint density at radius 3 is 2.59 bits per heavy atom. The molecule has 29 heavy (non-hydrogen) atoms. The van der Waals surface area contributed by atoms with Crippen LogP contribution in [0, 0.1) is 23.0 Å². The van der Waals surface area contributed by atoms with E-state index in [9.17, 15) is 18.7 Å². The zero-order valence-electron chi connectivity index (χ0n) is 14.5. The van der Waals surface area contributed by atoms with Crippen molar-refractivity contribution in [1.29, 1.82) is 5.26 Å². The van der Waals surface area contributed by atoms with Crippen LogP contribution in [0.1, 0.15) is 27.9 Å². The van der Waals surface area contributed by atoms with Gasteiger partial charge in [0, 0.05) is 5.56 Å². The van der Waals surface area contributed by atoms with Crippen molar-refractivity contribution < 1.29 is 27.8 Å². The van der Waals surface area contributed by atoms with Gasteiger partial charge in [0.2, 0.25) is 5.89 Å². The van der Waals surface area contributed by atoms with Crippen LogP contribution in [0.25, 0.3) is 11.3 Å². The zero-order chi connectivity index (χ0) is 21.1. The predicted molar refractivity (Wildman–Crippen MR) is 99.7 cm³/mol. The standard InChI is InChI=1S/C19H12BrF2N3O4/c20-17-16(10-3-1-9(7-23)2-4-10)25-19(29-17)13(8-26)28-12-6-5-11(21)14(15(12)22)18(24)27/h1-6,13,26H,8H2,(H2,24,27). The number of oxazole rings is 1. The largest absolute Gasteiger partial charge is 0.475 e. The van der Waals surface area contributed by atoms with Crippen molar-refractivity contribution in [2.24, 2.45) is 5.73 Å². The van der Waals surface area contributed by atoms with Crippen molar-refractivity contribution in [2.45, 2.75) is 6.10 Å². The van der Waals surface area contributed by atoms with Crippen molar-refractivity contribution >= 4 is 21.8 Å². The number of nitrogens with two attached hydrogens (primary N) is 1. The maximum absolute atomic E-state index is 14.4. The number of aromatic nitrogens is 1. The number of benzene rings is 2. The summed E-state index contributed by atoms with van der Waals surface area (Å²) in [5.74, 6) is -4.33. The number of aliphatic hydroxyl groups is 1. The van der Waals surface area contributed by atoms with Gasteiger partial charge in [-0.05, 0) is 40.2 Å². The summed E-state index contributed by atoms with van der Waals surface area (Å²) < 4.78 is 39.0. The van der Waals surface area contributed by atoms with E-state index in [-0.39, 0.29) is 10.6 Å². The van der Waals surface area contributed by atoms with Gasteiger partial charge in [-0.1, -0.05) is 12.1 Å². The van der Waals surface area contributed by atoms with Gasteiger partial charge < -0.3 is 20.0 Å². The first-order chi connectivity index (χ1) is 13.8. The van der Waals surface area contributed by atoms with Crippen LogP contribution in [0.3, 0.4) is 0 Å². The van der Waals surface area contributed by atoms with Crippen LogP contribution in [0.2, 0.25) is 0 Å². The van der Waals surface area contributed by atoms with E-state index < -0.39 is 41.6 Å². The molecule has 148 valence electrons. The second-order valence-electron chi connectivity index (χ2n) is 5.75. The number of primary amides is 1. The van der Waals surface area contributed by atoms with Gasteiger partial charge in [0.05, 0.1) is 18.2 Å². The number of hydrogen-bond acceptors (Lipinski definition) is 6. The molecule has 0 saturated carbocycles. The van der Waals surface area contributed by atoms with Crippen LogP contribution in [-0.2, 0) is 0 Å². The summed E-state index contributed by atoms with van der Waals surface area (Å²) in [6, 6.07) is 10.3. The number of nitriles is 1. The van der Waals surface area contributed by atoms with E-state index in [0.717, 1.165) is 12.1 Å². The number of hydrogen-bond donors (Lipinski definition) is 2. The fraction of sp³-hybridized carbons (Fsp3) is 0.105. The zero-order valence-corrected chi connectivity index (χ0v) is 16.1. The average molecular weight is 464 g/mol. The van der Waals surface area contributed by atoms with E-state index in [1.807, 2.05) is 6.07 Å². The lowest BCUT2D eigenvalue weighted by molar-refractivity contribution is 0.0880. The summed E-state index contributed by atoms with van der Waals surface area (Å²) in [7, 11) is 0. The molecule has 0 aliphatic carbocycles. The molecule has 1 atom stereocenters. The van der Waals surface area contributed by atoms with Gasteiger partial charge in [0.1, 0.15) is 17.1 Å². The topological polar surface area (TPSA) is 122 Å². The maximum Gasteiger partial charge on any atom is 0.254 e. The number of carbonyl (C=O) groups excluding carboxylic acids is 1. The first-order valence-corrected chi connectivity index (χ1v) is 8.87. The lowest BCUT2D eigenvalue weighted by Crippen LogP contribution is -2.18. The van der Waals surface area contributed by atoms with Gasteiger partial charge in [-0.3, -0.25) is 4.79 Å². The Morgan fingerprint density at radius 1 is 1.31 bits per heavy atom. The third-order valence-corrected chi connectivity index (χ3v) is 4.44. The Balaban J connectivity index is 1.93. The molecule has 0 spiro atoms. The fourth-order valence-corrected chi connectivity index (χ4v) is 2.99. The van der Waals surface area contributed by atoms with Gasteiger partial charge in [0.15, 0.2) is 22.3 Å². The Bertz CT molecular complexity index is 1110. The average Bonchev–Trinajstić information content (AvgIpc) is 3.08. The third kappa shape index (κ3) is 4.11. The number of halogens is 3. The molecule has 1 heterocycles. The molecule has 0 radical (unpaired) electrons. The Morgan fingerprint density at radius 2 is 2.00 bits per heavy atom. The highest BCUT2D eigenvalue weighted by atomic mass is 79.9. The molecular formula is C19H12BrF2N3O4. The summed E-state index contributed by atoms with van der Waals surface area (Å²) in [5, 5.41) is 18.5. The van der Waals surface area contributed by atoms with E-state index in [0.29, 0.717) is 16.8 Å². The van der Waals surface area contributed by atoms with Gasteiger partial charge >= 0.3 is 0 Å². The van der Waals surface area contributed by atoms with E-state index in [2.05, 4.69) is 20.9 Å². The lowest BCUT2D eigenvalue weighted by atomic mass is 10.1. The lowest BCUT2D eigenvalue weighted by Gasteiger charge is -2.15. The van der Waals surface area contributed by atoms with E-state index in [4.69, 9.17) is 20.1 Å². The summed E-state index contributed by atoms with van der Waals surface area (Å²) in [6.07, 6.45) is -1.25. The van der Waals surface area contributed by atoms with E-state index >= 15 is 0 Å². The molecular weight excluding hydrogens is 452 g/mol. The molecule has 3 rings (SSSR count). The highest BCUT2D eigenvalue weighted by Crippen LogP contribution is 2.33. The molecule has 0 aliphatic rings. The molecule has 2 aromatic carbocycles. The quantitative estimate of drug-likeness (QED) is 0.576. The van der Waals surface area contributed by atoms with E-state index in [1.165, 1.54) is 0 Å². The summed E-state index contributed by atoms with van der Waals surface area (Å²) in [5.41, 5.74) is 5.48. The van der Waals surface area contributed by atoms with Crippen LogP contribution in [-0.4, -0.2) is 22.6 Å². The number of carbonyl (C=O) groups is 1. The van der Waals surface area contributed by atoms with Crippen LogP contribution >= 0.6 is 15.9 Å². The van der Waals surface area contributed by atoms with E-state index in [1.54, 1.807) is 24.3 Å². The van der Waals surface area contributed by atoms with Crippen molar-refractivity contribution in [2.75, 3.05) is 6.61 Å². The molecule has 7 nitrogen and oxygen atoms in total. The second kappa shape index (κ2) is 8.38. The number of ether oxygens (including phenoxy) is 1. The highest BCUT2D eigenvalue weighted by molar-refractivity contribution is 9.10. The Labute approximate surface area is 171 Å². The van der Waals surface area contributed by atoms with Crippen LogP contribution < -0.4 is 10.5 Å². The van der Waals surface area contributed by atoms with Gasteiger partial charge in [-0.25, -0.2) is 13.8 Å². The minimum atomic E-state index is -1.30. The molecule has 1 amide bonds. The normalized spacial score (nSPS) is 11.7. The number of rotatable bonds is 6. The second-order valence-corrected chi connectivity index (χ2v) is 6.47. The molecule has 0 saturated heterocycles. The number of aliphatic hydroxyl groups excluding tert-OH is 1. The smallest absolute Gasteiger partial charge is 0.254 e. The molecule has 0 bridgehead atoms. The Hall–Kier alpha value is -3.29. The molecule has 1 unspecified atom stereocenters. The molecule has 3 N–H and O–H groups in total. The van der Waals surface area contributed by atoms with Crippen LogP contribution in [0.4, 0.5) is 8.78 Å². The van der Waals surface area contributed by atoms with Crippen molar-refractivity contribution in [3.63, 3.8) is 0 Å². The van der Waals surface area contributed by atoms with Crippen molar-refractivity contribution in [3.05, 3.63) is 69.7 Å². The van der Waals surface area contributed by atoms with Crippen LogP contribution in [0.15, 0.2) is 45.5 Å². The summed E-state index contributed by atoms with van der Waals surface area (Å²) in [6.45, 7) is -0.650. The predicted octanol–water partition coefficient (Wildman–Crippen LogP) is 3.47. The van der Waals surface area contributed by atoms with Gasteiger partial charge in [0.25, 0.3) is 5.91 Å². The maximum atomic E-state index is 14.4. The first kappa shape index (κ1) is 20.4. The fourth-order valence-electron chi connectivity index (χ4n) is 2.50. The van der Waals surface area contributed by atoms with Crippen LogP contribution in [0.5, 0.6) is 5.75 Å². The SMILES string of the molecule is N#Cc1ccc(-c2nc(C(CO)Oc3ccc(F)c(C(N)=O)c3F)oc2Br)cc1. The minimum absolute atomic E-state index is 0.0944. The summed E-state index contributed by atoms with van der Waals surface area (Å²) >= 11 is 3.21. The third-order valence-electron chi connectivity index (χ3n) is 3.90. The van der Waals surface area contributed by atoms with Crippen molar-refractivity contribution in [1.82, 2.24) is 4.98 Å². The van der Waals surface area contributed by atoms with Crippen molar-refractivity contribution in [3.8, 4) is 23.1 Å². The first-order valence-electron chi connectivity index (χ1n) is 8.07. The molecule has 1 aromatic heterocycles. The number of nitrogens with zero attached hydrogens (tertiary/aromatic N) is 2. The minimum Gasteiger partial charge on any atom is -0.475 e. The molecule has 0 aliphatic heterocycles.